The van der Waals surface area contributed by atoms with E-state index in [0.717, 1.165) is 17.8 Å². The minimum Gasteiger partial charge on any atom is -0.444 e. The molecule has 0 aliphatic heterocycles. The molecule has 0 spiro atoms. The number of nitrogens with zero attached hydrogens (tertiary/aromatic N) is 1. The number of aryl methyl sites for hydroxylation is 2. The first-order chi connectivity index (χ1) is 8.49. The predicted octanol–water partition coefficient (Wildman–Crippen LogP) is 3.32. The highest BCUT2D eigenvalue weighted by Gasteiger charge is 2.13. The van der Waals surface area contributed by atoms with Crippen molar-refractivity contribution in [3.8, 4) is 0 Å². The van der Waals surface area contributed by atoms with Gasteiger partial charge >= 0.3 is 0 Å². The topological polar surface area (TPSA) is 38.1 Å². The molecule has 0 bridgehead atoms. The van der Waals surface area contributed by atoms with Gasteiger partial charge in [-0.05, 0) is 26.0 Å². The number of rotatable bonds is 3. The Morgan fingerprint density at radius 2 is 1.89 bits per heavy atom. The van der Waals surface area contributed by atoms with Gasteiger partial charge in [0.2, 0.25) is 5.89 Å². The van der Waals surface area contributed by atoms with Crippen LogP contribution >= 0.6 is 0 Å². The van der Waals surface area contributed by atoms with Crippen LogP contribution in [-0.4, -0.2) is 4.98 Å². The maximum absolute atomic E-state index is 13.3. The van der Waals surface area contributed by atoms with Crippen LogP contribution in [0.1, 0.15) is 17.3 Å². The SMILES string of the molecule is Cc1nc(CNc2ccc(F)c(F)c2F)oc1C. The highest BCUT2D eigenvalue weighted by molar-refractivity contribution is 5.45. The molecule has 1 heterocycles. The molecule has 0 aliphatic carbocycles. The third-order valence-electron chi connectivity index (χ3n) is 2.54. The summed E-state index contributed by atoms with van der Waals surface area (Å²) in [7, 11) is 0. The molecule has 96 valence electrons. The Balaban J connectivity index is 2.13. The van der Waals surface area contributed by atoms with Crippen LogP contribution in [0.4, 0.5) is 18.9 Å². The highest BCUT2D eigenvalue weighted by atomic mass is 19.2. The Kier molecular flexibility index (Phi) is 3.27. The quantitative estimate of drug-likeness (QED) is 0.856. The van der Waals surface area contributed by atoms with Crippen molar-refractivity contribution in [2.75, 3.05) is 5.32 Å². The van der Waals surface area contributed by atoms with Crippen molar-refractivity contribution in [3.63, 3.8) is 0 Å². The van der Waals surface area contributed by atoms with Crippen LogP contribution in [0.5, 0.6) is 0 Å². The molecule has 2 aromatic rings. The molecule has 18 heavy (non-hydrogen) atoms. The highest BCUT2D eigenvalue weighted by Crippen LogP contribution is 2.20. The van der Waals surface area contributed by atoms with Gasteiger partial charge in [-0.2, -0.15) is 0 Å². The van der Waals surface area contributed by atoms with Gasteiger partial charge < -0.3 is 9.73 Å². The summed E-state index contributed by atoms with van der Waals surface area (Å²) in [5, 5.41) is 2.60. The van der Waals surface area contributed by atoms with Crippen molar-refractivity contribution >= 4 is 5.69 Å². The molecule has 0 unspecified atom stereocenters. The van der Waals surface area contributed by atoms with Gasteiger partial charge in [-0.15, -0.1) is 0 Å². The Morgan fingerprint density at radius 1 is 1.17 bits per heavy atom. The third-order valence-corrected chi connectivity index (χ3v) is 2.54. The summed E-state index contributed by atoms with van der Waals surface area (Å²) in [6.45, 7) is 3.63. The lowest BCUT2D eigenvalue weighted by atomic mass is 10.3. The van der Waals surface area contributed by atoms with Gasteiger partial charge in [0.05, 0.1) is 17.9 Å². The van der Waals surface area contributed by atoms with E-state index in [1.54, 1.807) is 13.8 Å². The second kappa shape index (κ2) is 4.72. The van der Waals surface area contributed by atoms with Gasteiger partial charge in [0.25, 0.3) is 0 Å². The fourth-order valence-electron chi connectivity index (χ4n) is 1.45. The summed E-state index contributed by atoms with van der Waals surface area (Å²) in [6, 6.07) is 1.98. The zero-order chi connectivity index (χ0) is 13.3. The van der Waals surface area contributed by atoms with Gasteiger partial charge in [-0.1, -0.05) is 0 Å². The average Bonchev–Trinajstić information content (AvgIpc) is 2.65. The molecule has 1 aromatic heterocycles. The molecule has 0 fully saturated rings. The molecule has 0 saturated heterocycles. The summed E-state index contributed by atoms with van der Waals surface area (Å²) >= 11 is 0. The van der Waals surface area contributed by atoms with Crippen LogP contribution < -0.4 is 5.32 Å². The minimum absolute atomic E-state index is 0.0939. The molecule has 0 amide bonds. The Bertz CT molecular complexity index is 561. The van der Waals surface area contributed by atoms with E-state index in [1.807, 2.05) is 0 Å². The number of aromatic nitrogens is 1. The fourth-order valence-corrected chi connectivity index (χ4v) is 1.45. The van der Waals surface area contributed by atoms with E-state index in [1.165, 1.54) is 0 Å². The van der Waals surface area contributed by atoms with Crippen molar-refractivity contribution in [1.82, 2.24) is 4.98 Å². The van der Waals surface area contributed by atoms with Crippen LogP contribution in [0.25, 0.3) is 0 Å². The van der Waals surface area contributed by atoms with Gasteiger partial charge in [0.1, 0.15) is 5.76 Å². The number of oxazole rings is 1. The van der Waals surface area contributed by atoms with Crippen molar-refractivity contribution in [1.29, 1.82) is 0 Å². The predicted molar refractivity (Wildman–Crippen MR) is 59.6 cm³/mol. The molecule has 3 nitrogen and oxygen atoms in total. The van der Waals surface area contributed by atoms with E-state index in [4.69, 9.17) is 4.42 Å². The van der Waals surface area contributed by atoms with E-state index < -0.39 is 17.5 Å². The fraction of sp³-hybridized carbons (Fsp3) is 0.250. The normalized spacial score (nSPS) is 10.7. The molecular formula is C12H11F3N2O. The van der Waals surface area contributed by atoms with Gasteiger partial charge in [0, 0.05) is 0 Å². The molecule has 6 heteroatoms. The standard InChI is InChI=1S/C12H11F3N2O/c1-6-7(2)18-10(17-6)5-16-9-4-3-8(13)11(14)12(9)15/h3-4,16H,5H2,1-2H3. The van der Waals surface area contributed by atoms with E-state index in [-0.39, 0.29) is 12.2 Å². The summed E-state index contributed by atoms with van der Waals surface area (Å²) in [5.74, 6) is -2.96. The Labute approximate surface area is 102 Å². The maximum atomic E-state index is 13.3. The lowest BCUT2D eigenvalue weighted by Gasteiger charge is -2.06. The van der Waals surface area contributed by atoms with Crippen LogP contribution in [-0.2, 0) is 6.54 Å². The number of hydrogen-bond acceptors (Lipinski definition) is 3. The van der Waals surface area contributed by atoms with Gasteiger partial charge in [-0.25, -0.2) is 18.2 Å². The van der Waals surface area contributed by atoms with Crippen LogP contribution in [0.15, 0.2) is 16.5 Å². The largest absolute Gasteiger partial charge is 0.444 e. The molecule has 0 aliphatic rings. The monoisotopic (exact) mass is 256 g/mol. The molecule has 2 rings (SSSR count). The molecule has 0 atom stereocenters. The average molecular weight is 256 g/mol. The van der Waals surface area contributed by atoms with E-state index in [0.29, 0.717) is 11.7 Å². The van der Waals surface area contributed by atoms with Crippen molar-refractivity contribution < 1.29 is 17.6 Å². The van der Waals surface area contributed by atoms with Crippen LogP contribution in [0, 0.1) is 31.3 Å². The second-order valence-electron chi connectivity index (χ2n) is 3.83. The van der Waals surface area contributed by atoms with E-state index in [9.17, 15) is 13.2 Å². The maximum Gasteiger partial charge on any atom is 0.213 e. The zero-order valence-electron chi connectivity index (χ0n) is 9.85. The van der Waals surface area contributed by atoms with Crippen molar-refractivity contribution in [2.24, 2.45) is 0 Å². The zero-order valence-corrected chi connectivity index (χ0v) is 9.85. The first-order valence-corrected chi connectivity index (χ1v) is 5.29. The molecule has 0 radical (unpaired) electrons. The minimum atomic E-state index is -1.50. The first kappa shape index (κ1) is 12.5. The van der Waals surface area contributed by atoms with Gasteiger partial charge in [-0.3, -0.25) is 0 Å². The molecule has 1 N–H and O–H groups in total. The number of nitrogens with one attached hydrogen (secondary N) is 1. The number of anilines is 1. The van der Waals surface area contributed by atoms with E-state index in [2.05, 4.69) is 10.3 Å². The first-order valence-electron chi connectivity index (χ1n) is 5.29. The Morgan fingerprint density at radius 3 is 2.50 bits per heavy atom. The summed E-state index contributed by atoms with van der Waals surface area (Å²) in [5.41, 5.74) is 0.597. The van der Waals surface area contributed by atoms with Crippen molar-refractivity contribution in [2.45, 2.75) is 20.4 Å². The third kappa shape index (κ3) is 2.32. The second-order valence-corrected chi connectivity index (χ2v) is 3.83. The molecule has 0 saturated carbocycles. The summed E-state index contributed by atoms with van der Waals surface area (Å²) < 4.78 is 44.2. The van der Waals surface area contributed by atoms with Crippen LogP contribution in [0.2, 0.25) is 0 Å². The molecular weight excluding hydrogens is 245 g/mol. The van der Waals surface area contributed by atoms with Crippen LogP contribution in [0.3, 0.4) is 0 Å². The molecule has 1 aromatic carbocycles. The van der Waals surface area contributed by atoms with Crippen molar-refractivity contribution in [3.05, 3.63) is 46.9 Å². The number of hydrogen-bond donors (Lipinski definition) is 1. The Hall–Kier alpha value is -1.98. The smallest absolute Gasteiger partial charge is 0.213 e. The lowest BCUT2D eigenvalue weighted by molar-refractivity contribution is 0.447. The van der Waals surface area contributed by atoms with Gasteiger partial charge in [0.15, 0.2) is 17.5 Å². The number of halogens is 3. The summed E-state index contributed by atoms with van der Waals surface area (Å²) in [6.07, 6.45) is 0. The van der Waals surface area contributed by atoms with E-state index >= 15 is 0 Å². The number of benzene rings is 1. The summed E-state index contributed by atoms with van der Waals surface area (Å²) in [4.78, 5) is 4.08. The lowest BCUT2D eigenvalue weighted by Crippen LogP contribution is -2.04.